The molecule has 0 saturated heterocycles. The predicted octanol–water partition coefficient (Wildman–Crippen LogP) is 4.21. The van der Waals surface area contributed by atoms with Gasteiger partial charge in [0.05, 0.1) is 10.6 Å². The number of nitrogens with zero attached hydrogens (tertiary/aromatic N) is 1. The van der Waals surface area contributed by atoms with Crippen molar-refractivity contribution in [2.45, 2.75) is 26.4 Å². The summed E-state index contributed by atoms with van der Waals surface area (Å²) in [6.45, 7) is 4.75. The van der Waals surface area contributed by atoms with Gasteiger partial charge in [-0.2, -0.15) is 13.2 Å². The summed E-state index contributed by atoms with van der Waals surface area (Å²) in [7, 11) is 0. The molecule has 1 heterocycles. The van der Waals surface area contributed by atoms with Crippen LogP contribution in [0.2, 0.25) is 5.02 Å². The van der Waals surface area contributed by atoms with E-state index in [4.69, 9.17) is 11.6 Å². The zero-order valence-corrected chi connectivity index (χ0v) is 10.4. The lowest BCUT2D eigenvalue weighted by Gasteiger charge is -2.11. The van der Waals surface area contributed by atoms with Gasteiger partial charge in [-0.25, -0.2) is 4.98 Å². The summed E-state index contributed by atoms with van der Waals surface area (Å²) in [5.74, 6) is 0.802. The van der Waals surface area contributed by atoms with Gasteiger partial charge in [-0.1, -0.05) is 25.4 Å². The van der Waals surface area contributed by atoms with Crippen LogP contribution in [0.4, 0.5) is 19.0 Å². The summed E-state index contributed by atoms with van der Waals surface area (Å²) in [4.78, 5) is 3.68. The van der Waals surface area contributed by atoms with Gasteiger partial charge in [-0.05, 0) is 18.4 Å². The summed E-state index contributed by atoms with van der Waals surface area (Å²) in [5, 5.41) is 2.90. The first-order valence-corrected chi connectivity index (χ1v) is 5.65. The molecule has 0 fully saturated rings. The molecule has 0 bridgehead atoms. The van der Waals surface area contributed by atoms with Crippen LogP contribution in [0, 0.1) is 5.92 Å². The number of anilines is 1. The first-order valence-electron chi connectivity index (χ1n) is 5.27. The Morgan fingerprint density at radius 2 is 2.06 bits per heavy atom. The molecule has 0 saturated carbocycles. The zero-order valence-electron chi connectivity index (χ0n) is 9.61. The number of alkyl halides is 3. The molecule has 1 rings (SSSR count). The van der Waals surface area contributed by atoms with Crippen molar-refractivity contribution in [1.29, 1.82) is 0 Å². The average Bonchev–Trinajstić information content (AvgIpc) is 2.18. The second-order valence-corrected chi connectivity index (χ2v) is 4.57. The van der Waals surface area contributed by atoms with Crippen LogP contribution in [-0.4, -0.2) is 11.5 Å². The van der Waals surface area contributed by atoms with Crippen molar-refractivity contribution in [3.8, 4) is 0 Å². The second-order valence-electron chi connectivity index (χ2n) is 4.16. The van der Waals surface area contributed by atoms with Gasteiger partial charge in [0.2, 0.25) is 0 Å². The van der Waals surface area contributed by atoms with Gasteiger partial charge in [-0.3, -0.25) is 0 Å². The van der Waals surface area contributed by atoms with E-state index in [2.05, 4.69) is 24.1 Å². The Bertz CT molecular complexity index is 377. The van der Waals surface area contributed by atoms with Gasteiger partial charge in [0.15, 0.2) is 0 Å². The van der Waals surface area contributed by atoms with E-state index >= 15 is 0 Å². The molecule has 0 aliphatic heterocycles. The fourth-order valence-electron chi connectivity index (χ4n) is 1.20. The molecule has 1 N–H and O–H groups in total. The third-order valence-corrected chi connectivity index (χ3v) is 2.47. The van der Waals surface area contributed by atoms with Gasteiger partial charge < -0.3 is 5.32 Å². The molecule has 0 atom stereocenters. The van der Waals surface area contributed by atoms with Crippen molar-refractivity contribution in [2.75, 3.05) is 11.9 Å². The quantitative estimate of drug-likeness (QED) is 0.883. The Morgan fingerprint density at radius 1 is 1.41 bits per heavy atom. The van der Waals surface area contributed by atoms with E-state index in [0.29, 0.717) is 18.3 Å². The highest BCUT2D eigenvalue weighted by molar-refractivity contribution is 6.32. The Morgan fingerprint density at radius 3 is 2.53 bits per heavy atom. The number of halogens is 4. The van der Waals surface area contributed by atoms with E-state index < -0.39 is 11.7 Å². The van der Waals surface area contributed by atoms with Gasteiger partial charge in [-0.15, -0.1) is 0 Å². The van der Waals surface area contributed by atoms with E-state index in [-0.39, 0.29) is 5.02 Å². The summed E-state index contributed by atoms with van der Waals surface area (Å²) in [6, 6.07) is 0.881. The number of nitrogens with one attached hydrogen (secondary N) is 1. The number of aromatic nitrogens is 1. The monoisotopic (exact) mass is 266 g/mol. The van der Waals surface area contributed by atoms with Crippen molar-refractivity contribution < 1.29 is 13.2 Å². The molecule has 0 aromatic carbocycles. The van der Waals surface area contributed by atoms with Crippen molar-refractivity contribution in [3.05, 3.63) is 22.8 Å². The van der Waals surface area contributed by atoms with E-state index in [9.17, 15) is 13.2 Å². The predicted molar refractivity (Wildman–Crippen MR) is 62.2 cm³/mol. The lowest BCUT2D eigenvalue weighted by Crippen LogP contribution is -2.09. The first kappa shape index (κ1) is 14.1. The fourth-order valence-corrected chi connectivity index (χ4v) is 1.44. The van der Waals surface area contributed by atoms with Crippen molar-refractivity contribution >= 4 is 17.4 Å². The Hall–Kier alpha value is -0.970. The number of rotatable bonds is 4. The molecule has 0 spiro atoms. The third-order valence-electron chi connectivity index (χ3n) is 2.18. The summed E-state index contributed by atoms with van der Waals surface area (Å²) >= 11 is 5.73. The van der Waals surface area contributed by atoms with Crippen molar-refractivity contribution in [3.63, 3.8) is 0 Å². The Kier molecular flexibility index (Phi) is 4.62. The molecule has 0 radical (unpaired) electrons. The molecule has 1 aromatic rings. The summed E-state index contributed by atoms with van der Waals surface area (Å²) < 4.78 is 37.0. The second kappa shape index (κ2) is 5.58. The molecular weight excluding hydrogens is 253 g/mol. The summed E-state index contributed by atoms with van der Waals surface area (Å²) in [5.41, 5.74) is -0.836. The molecule has 2 nitrogen and oxygen atoms in total. The molecule has 0 aliphatic rings. The molecule has 1 aromatic heterocycles. The smallest absolute Gasteiger partial charge is 0.369 e. The first-order chi connectivity index (χ1) is 7.80. The highest BCUT2D eigenvalue weighted by Gasteiger charge is 2.31. The summed E-state index contributed by atoms with van der Waals surface area (Å²) in [6.07, 6.45) is -2.73. The normalized spacial score (nSPS) is 11.9. The molecule has 0 unspecified atom stereocenters. The fraction of sp³-hybridized carbons (Fsp3) is 0.545. The number of pyridine rings is 1. The Labute approximate surface area is 103 Å². The maximum Gasteiger partial charge on any atom is 0.417 e. The van der Waals surface area contributed by atoms with E-state index in [0.717, 1.165) is 18.7 Å². The minimum absolute atomic E-state index is 0.0106. The van der Waals surface area contributed by atoms with E-state index in [1.807, 2.05) is 0 Å². The zero-order chi connectivity index (χ0) is 13.1. The van der Waals surface area contributed by atoms with Gasteiger partial charge in [0.25, 0.3) is 0 Å². The van der Waals surface area contributed by atoms with E-state index in [1.165, 1.54) is 0 Å². The van der Waals surface area contributed by atoms with Crippen LogP contribution in [0.3, 0.4) is 0 Å². The van der Waals surface area contributed by atoms with Crippen LogP contribution in [0.5, 0.6) is 0 Å². The largest absolute Gasteiger partial charge is 0.417 e. The van der Waals surface area contributed by atoms with Gasteiger partial charge >= 0.3 is 6.18 Å². The van der Waals surface area contributed by atoms with Crippen molar-refractivity contribution in [2.24, 2.45) is 5.92 Å². The lowest BCUT2D eigenvalue weighted by atomic mass is 10.1. The van der Waals surface area contributed by atoms with Crippen LogP contribution < -0.4 is 5.32 Å². The minimum Gasteiger partial charge on any atom is -0.369 e. The maximum absolute atomic E-state index is 12.3. The van der Waals surface area contributed by atoms with Crippen LogP contribution in [0.1, 0.15) is 25.8 Å². The van der Waals surface area contributed by atoms with Gasteiger partial charge in [0.1, 0.15) is 5.82 Å². The molecule has 6 heteroatoms. The van der Waals surface area contributed by atoms with E-state index in [1.54, 1.807) is 0 Å². The standard InChI is InChI=1S/C11H14ClF3N2/c1-7(2)3-4-16-10-9(12)5-8(6-17-10)11(13,14)15/h5-7H,3-4H2,1-2H3,(H,16,17). The molecule has 0 amide bonds. The minimum atomic E-state index is -4.41. The average molecular weight is 267 g/mol. The molecule has 17 heavy (non-hydrogen) atoms. The topological polar surface area (TPSA) is 24.9 Å². The van der Waals surface area contributed by atoms with Crippen LogP contribution in [0.15, 0.2) is 12.3 Å². The van der Waals surface area contributed by atoms with Crippen LogP contribution in [-0.2, 0) is 6.18 Å². The highest BCUT2D eigenvalue weighted by atomic mass is 35.5. The maximum atomic E-state index is 12.3. The SMILES string of the molecule is CC(C)CCNc1ncc(C(F)(F)F)cc1Cl. The highest BCUT2D eigenvalue weighted by Crippen LogP contribution is 2.32. The van der Waals surface area contributed by atoms with Crippen LogP contribution in [0.25, 0.3) is 0 Å². The molecule has 96 valence electrons. The lowest BCUT2D eigenvalue weighted by molar-refractivity contribution is -0.137. The third kappa shape index (κ3) is 4.42. The molecular formula is C11H14ClF3N2. The van der Waals surface area contributed by atoms with Crippen molar-refractivity contribution in [1.82, 2.24) is 4.98 Å². The Balaban J connectivity index is 2.70. The number of hydrogen-bond acceptors (Lipinski definition) is 2. The number of hydrogen-bond donors (Lipinski definition) is 1. The van der Waals surface area contributed by atoms with Gasteiger partial charge in [0, 0.05) is 12.7 Å². The molecule has 0 aliphatic carbocycles. The van der Waals surface area contributed by atoms with Crippen LogP contribution >= 0.6 is 11.6 Å².